The van der Waals surface area contributed by atoms with Crippen molar-refractivity contribution in [3.8, 4) is 5.75 Å². The van der Waals surface area contributed by atoms with Gasteiger partial charge in [-0.1, -0.05) is 36.5 Å². The molecule has 2 aromatic carbocycles. The van der Waals surface area contributed by atoms with Gasteiger partial charge < -0.3 is 15.0 Å². The Labute approximate surface area is 159 Å². The molecule has 6 nitrogen and oxygen atoms in total. The monoisotopic (exact) mass is 386 g/mol. The van der Waals surface area contributed by atoms with Gasteiger partial charge in [0, 0.05) is 12.7 Å². The maximum atomic E-state index is 11.5. The lowest BCUT2D eigenvalue weighted by atomic mass is 10.1. The number of thiazole rings is 1. The first-order chi connectivity index (χ1) is 12.5. The number of nitrogens with zero attached hydrogens (tertiary/aromatic N) is 2. The number of aromatic nitrogens is 1. The molecule has 0 saturated carbocycles. The quantitative estimate of drug-likeness (QED) is 0.272. The van der Waals surface area contributed by atoms with Crippen LogP contribution >= 0.6 is 23.6 Å². The highest BCUT2D eigenvalue weighted by Gasteiger charge is 2.17. The van der Waals surface area contributed by atoms with E-state index < -0.39 is 0 Å². The third kappa shape index (κ3) is 3.61. The Balaban J connectivity index is 2.09. The third-order valence-electron chi connectivity index (χ3n) is 4.04. The molecular formula is C18H18N4O2S2. The van der Waals surface area contributed by atoms with Crippen molar-refractivity contribution in [2.45, 2.75) is 13.3 Å². The first-order valence-corrected chi connectivity index (χ1v) is 9.28. The summed E-state index contributed by atoms with van der Waals surface area (Å²) in [5.74, 6) is 0.646. The van der Waals surface area contributed by atoms with Crippen LogP contribution in [0.5, 0.6) is 5.75 Å². The average Bonchev–Trinajstić information content (AvgIpc) is 3.02. The van der Waals surface area contributed by atoms with E-state index >= 15 is 0 Å². The second kappa shape index (κ2) is 7.67. The summed E-state index contributed by atoms with van der Waals surface area (Å²) in [6, 6.07) is 11.1. The lowest BCUT2D eigenvalue weighted by Crippen LogP contribution is -2.29. The molecule has 0 bridgehead atoms. The van der Waals surface area contributed by atoms with E-state index in [1.165, 1.54) is 5.49 Å². The number of fused-ring (bicyclic) bond motifs is 1. The van der Waals surface area contributed by atoms with Gasteiger partial charge in [0.15, 0.2) is 5.84 Å². The van der Waals surface area contributed by atoms with E-state index in [0.717, 1.165) is 39.2 Å². The molecule has 134 valence electrons. The van der Waals surface area contributed by atoms with Crippen LogP contribution in [-0.4, -0.2) is 28.5 Å². The molecule has 3 aromatic rings. The molecule has 0 radical (unpaired) electrons. The average molecular weight is 387 g/mol. The van der Waals surface area contributed by atoms with E-state index in [-0.39, 0.29) is 10.6 Å². The molecule has 1 aromatic heterocycles. The van der Waals surface area contributed by atoms with E-state index in [0.29, 0.717) is 11.4 Å². The van der Waals surface area contributed by atoms with Crippen LogP contribution in [0, 0.1) is 0 Å². The normalized spacial score (nSPS) is 11.5. The molecule has 0 fully saturated rings. The predicted molar refractivity (Wildman–Crippen MR) is 112 cm³/mol. The zero-order chi connectivity index (χ0) is 18.7. The Morgan fingerprint density at radius 2 is 2.19 bits per heavy atom. The number of phenols is 1. The molecule has 0 amide bonds. The van der Waals surface area contributed by atoms with Crippen LogP contribution in [0.15, 0.2) is 46.3 Å². The van der Waals surface area contributed by atoms with Crippen molar-refractivity contribution in [1.29, 1.82) is 0 Å². The molecule has 8 heteroatoms. The largest absolute Gasteiger partial charge is 0.507 e. The number of phenolic OH excluding ortho intramolecular Hbond substituents is 1. The Morgan fingerprint density at radius 3 is 2.92 bits per heavy atom. The van der Waals surface area contributed by atoms with Crippen molar-refractivity contribution in [1.82, 2.24) is 10.4 Å². The Bertz CT molecular complexity index is 1040. The summed E-state index contributed by atoms with van der Waals surface area (Å²) < 4.78 is 0.855. The van der Waals surface area contributed by atoms with Gasteiger partial charge in [0.05, 0.1) is 21.3 Å². The van der Waals surface area contributed by atoms with Crippen LogP contribution in [0.2, 0.25) is 0 Å². The summed E-state index contributed by atoms with van der Waals surface area (Å²) in [4.78, 5) is 16.1. The number of aromatic amines is 1. The smallest absolute Gasteiger partial charge is 0.305 e. The first kappa shape index (κ1) is 18.1. The summed E-state index contributed by atoms with van der Waals surface area (Å²) in [5.41, 5.74) is 7.28. The number of hydrogen-bond donors (Lipinski definition) is 3. The Hall–Kier alpha value is -2.71. The molecular weight excluding hydrogens is 368 g/mol. The summed E-state index contributed by atoms with van der Waals surface area (Å²) in [6.07, 6.45) is 0.841. The zero-order valence-corrected chi connectivity index (χ0v) is 15.9. The molecule has 0 spiro atoms. The molecule has 26 heavy (non-hydrogen) atoms. The van der Waals surface area contributed by atoms with Crippen molar-refractivity contribution < 1.29 is 5.11 Å². The molecule has 0 saturated heterocycles. The van der Waals surface area contributed by atoms with E-state index in [9.17, 15) is 9.90 Å². The van der Waals surface area contributed by atoms with Gasteiger partial charge in [-0.3, -0.25) is 10.2 Å². The molecule has 3 N–H and O–H groups in total. The van der Waals surface area contributed by atoms with E-state index in [1.807, 2.05) is 49.2 Å². The third-order valence-corrected chi connectivity index (χ3v) is 4.99. The maximum absolute atomic E-state index is 11.5. The Morgan fingerprint density at radius 1 is 1.38 bits per heavy atom. The van der Waals surface area contributed by atoms with Crippen molar-refractivity contribution in [2.24, 2.45) is 5.10 Å². The lowest BCUT2D eigenvalue weighted by molar-refractivity contribution is 0.473. The number of aryl methyl sites for hydroxylation is 1. The van der Waals surface area contributed by atoms with Crippen LogP contribution in [0.4, 0.5) is 5.69 Å². The minimum Gasteiger partial charge on any atom is -0.507 e. The van der Waals surface area contributed by atoms with Gasteiger partial charge >= 0.3 is 4.87 Å². The standard InChI is InChI=1S/C18H18N4O2S2/c1-3-11-4-7-15(23)13(8-11)17(21-19-10-25)22(2)12-5-6-14-16(9-12)26-18(24)20-14/h4-10,23H,3H2,1-2H3,(H,19,25)(H,20,24)/b21-17-. The first-order valence-electron chi connectivity index (χ1n) is 7.99. The van der Waals surface area contributed by atoms with Gasteiger partial charge in [0.2, 0.25) is 0 Å². The van der Waals surface area contributed by atoms with Gasteiger partial charge in [0.25, 0.3) is 0 Å². The van der Waals surface area contributed by atoms with Gasteiger partial charge in [-0.25, -0.2) is 0 Å². The maximum Gasteiger partial charge on any atom is 0.305 e. The van der Waals surface area contributed by atoms with Gasteiger partial charge in [0.1, 0.15) is 5.75 Å². The number of H-pyrrole nitrogens is 1. The summed E-state index contributed by atoms with van der Waals surface area (Å²) >= 11 is 5.96. The number of hydrogen-bond acceptors (Lipinski definition) is 5. The SMILES string of the molecule is CCc1ccc(O)c(/C(=N/NC=S)N(C)c2ccc3[nH]c(=O)sc3c2)c1. The highest BCUT2D eigenvalue weighted by Crippen LogP contribution is 2.26. The molecule has 3 rings (SSSR count). The molecule has 0 aliphatic rings. The minimum atomic E-state index is -0.0932. The number of anilines is 1. The number of thiocarbonyl (C=S) groups is 1. The molecule has 0 aliphatic carbocycles. The number of aromatic hydroxyl groups is 1. The second-order valence-corrected chi connectivity index (χ2v) is 6.89. The lowest BCUT2D eigenvalue weighted by Gasteiger charge is -2.22. The van der Waals surface area contributed by atoms with Crippen LogP contribution < -0.4 is 15.2 Å². The van der Waals surface area contributed by atoms with Gasteiger partial charge in [-0.2, -0.15) is 5.10 Å². The van der Waals surface area contributed by atoms with Crippen LogP contribution in [-0.2, 0) is 6.42 Å². The van der Waals surface area contributed by atoms with Gasteiger partial charge in [-0.05, 0) is 42.3 Å². The number of amidine groups is 1. The number of hydrazone groups is 1. The zero-order valence-electron chi connectivity index (χ0n) is 14.3. The van der Waals surface area contributed by atoms with E-state index in [4.69, 9.17) is 12.2 Å². The van der Waals surface area contributed by atoms with Gasteiger partial charge in [-0.15, -0.1) is 0 Å². The van der Waals surface area contributed by atoms with Crippen molar-refractivity contribution in [3.05, 3.63) is 57.2 Å². The topological polar surface area (TPSA) is 80.7 Å². The second-order valence-electron chi connectivity index (χ2n) is 5.64. The van der Waals surface area contributed by atoms with E-state index in [1.54, 1.807) is 6.07 Å². The molecule has 0 aliphatic heterocycles. The van der Waals surface area contributed by atoms with Crippen molar-refractivity contribution in [2.75, 3.05) is 11.9 Å². The van der Waals surface area contributed by atoms with Crippen molar-refractivity contribution >= 4 is 50.8 Å². The predicted octanol–water partition coefficient (Wildman–Crippen LogP) is 3.20. The van der Waals surface area contributed by atoms with Crippen LogP contribution in [0.25, 0.3) is 10.2 Å². The van der Waals surface area contributed by atoms with Crippen LogP contribution in [0.3, 0.4) is 0 Å². The molecule has 0 unspecified atom stereocenters. The molecule has 0 atom stereocenters. The number of benzene rings is 2. The Kier molecular flexibility index (Phi) is 5.34. The molecule has 1 heterocycles. The summed E-state index contributed by atoms with van der Waals surface area (Å²) in [5, 5.41) is 14.7. The highest BCUT2D eigenvalue weighted by molar-refractivity contribution is 7.78. The van der Waals surface area contributed by atoms with Crippen LogP contribution in [0.1, 0.15) is 18.1 Å². The fourth-order valence-electron chi connectivity index (χ4n) is 2.65. The van der Waals surface area contributed by atoms with E-state index in [2.05, 4.69) is 15.5 Å². The minimum absolute atomic E-state index is 0.0932. The number of rotatable bonds is 5. The fourth-order valence-corrected chi connectivity index (χ4v) is 3.47. The number of nitrogens with one attached hydrogen (secondary N) is 2. The highest BCUT2D eigenvalue weighted by atomic mass is 32.1. The summed E-state index contributed by atoms with van der Waals surface area (Å²) in [6.45, 7) is 2.05. The van der Waals surface area contributed by atoms with Crippen molar-refractivity contribution in [3.63, 3.8) is 0 Å². The summed E-state index contributed by atoms with van der Waals surface area (Å²) in [7, 11) is 1.85. The fraction of sp³-hybridized carbons (Fsp3) is 0.167.